The summed E-state index contributed by atoms with van der Waals surface area (Å²) in [5, 5.41) is 0. The Labute approximate surface area is 80.9 Å². The van der Waals surface area contributed by atoms with Crippen molar-refractivity contribution < 1.29 is 4.79 Å². The molecule has 0 spiro atoms. The first-order valence-corrected chi connectivity index (χ1v) is 5.48. The molecule has 0 radical (unpaired) electrons. The Kier molecular flexibility index (Phi) is 1.84. The molecular weight excluding hydrogens is 160 g/mol. The van der Waals surface area contributed by atoms with Crippen LogP contribution in [-0.4, -0.2) is 5.78 Å². The Morgan fingerprint density at radius 1 is 1.15 bits per heavy atom. The van der Waals surface area contributed by atoms with Crippen LogP contribution in [0.1, 0.15) is 52.9 Å². The van der Waals surface area contributed by atoms with Crippen LogP contribution in [0.2, 0.25) is 0 Å². The van der Waals surface area contributed by atoms with E-state index in [9.17, 15) is 4.79 Å². The van der Waals surface area contributed by atoms with Crippen LogP contribution in [0.15, 0.2) is 0 Å². The maximum atomic E-state index is 11.8. The molecule has 0 amide bonds. The van der Waals surface area contributed by atoms with Crippen LogP contribution in [0.25, 0.3) is 0 Å². The summed E-state index contributed by atoms with van der Waals surface area (Å²) >= 11 is 0. The average molecular weight is 180 g/mol. The molecule has 2 rings (SSSR count). The third kappa shape index (κ3) is 1.24. The van der Waals surface area contributed by atoms with Crippen LogP contribution in [-0.2, 0) is 4.79 Å². The molecule has 0 aromatic heterocycles. The van der Waals surface area contributed by atoms with Crippen LogP contribution in [0.5, 0.6) is 0 Å². The molecule has 0 aromatic carbocycles. The maximum absolute atomic E-state index is 11.8. The predicted molar refractivity (Wildman–Crippen MR) is 53.5 cm³/mol. The topological polar surface area (TPSA) is 17.1 Å². The maximum Gasteiger partial charge on any atom is 0.137 e. The van der Waals surface area contributed by atoms with Gasteiger partial charge in [0.2, 0.25) is 0 Å². The molecule has 0 heterocycles. The number of ketones is 1. The quantitative estimate of drug-likeness (QED) is 0.559. The van der Waals surface area contributed by atoms with Gasteiger partial charge in [0.1, 0.15) is 5.78 Å². The largest absolute Gasteiger partial charge is 0.299 e. The van der Waals surface area contributed by atoms with Gasteiger partial charge < -0.3 is 0 Å². The Hall–Kier alpha value is -0.330. The van der Waals surface area contributed by atoms with Crippen LogP contribution < -0.4 is 0 Å². The molecule has 0 saturated heterocycles. The lowest BCUT2D eigenvalue weighted by Gasteiger charge is -2.46. The van der Waals surface area contributed by atoms with Gasteiger partial charge >= 0.3 is 0 Å². The summed E-state index contributed by atoms with van der Waals surface area (Å²) < 4.78 is 0. The van der Waals surface area contributed by atoms with Gasteiger partial charge in [-0.05, 0) is 30.1 Å². The third-order valence-corrected chi connectivity index (χ3v) is 4.31. The summed E-state index contributed by atoms with van der Waals surface area (Å²) in [6.07, 6.45) is 5.80. The first kappa shape index (κ1) is 9.23. The minimum absolute atomic E-state index is 0.264. The average Bonchev–Trinajstić information content (AvgIpc) is 2.27. The molecule has 2 atom stereocenters. The van der Waals surface area contributed by atoms with E-state index in [1.165, 1.54) is 19.3 Å². The first-order chi connectivity index (χ1) is 5.96. The number of carbonyl (C=O) groups is 1. The molecule has 1 heteroatoms. The van der Waals surface area contributed by atoms with E-state index in [1.54, 1.807) is 0 Å². The standard InChI is InChI=1S/C12H20O/c1-11(2)6-4-7-12(3)8-5-9(13)10(11)12/h10H,4-8H2,1-3H3. The normalized spacial score (nSPS) is 43.3. The van der Waals surface area contributed by atoms with Crippen molar-refractivity contribution in [2.75, 3.05) is 0 Å². The van der Waals surface area contributed by atoms with E-state index < -0.39 is 0 Å². The zero-order chi connectivity index (χ0) is 9.69. The lowest BCUT2D eigenvalue weighted by molar-refractivity contribution is -0.128. The molecule has 0 N–H and O–H groups in total. The van der Waals surface area contributed by atoms with Gasteiger partial charge in [-0.15, -0.1) is 0 Å². The van der Waals surface area contributed by atoms with Gasteiger partial charge in [-0.25, -0.2) is 0 Å². The third-order valence-electron chi connectivity index (χ3n) is 4.31. The first-order valence-electron chi connectivity index (χ1n) is 5.48. The molecule has 1 nitrogen and oxygen atoms in total. The highest BCUT2D eigenvalue weighted by atomic mass is 16.1. The molecule has 2 fully saturated rings. The molecule has 2 aliphatic carbocycles. The van der Waals surface area contributed by atoms with Crippen molar-refractivity contribution in [1.82, 2.24) is 0 Å². The number of hydrogen-bond acceptors (Lipinski definition) is 1. The van der Waals surface area contributed by atoms with E-state index in [4.69, 9.17) is 0 Å². The monoisotopic (exact) mass is 180 g/mol. The summed E-state index contributed by atoms with van der Waals surface area (Å²) in [4.78, 5) is 11.8. The molecule has 0 bridgehead atoms. The molecule has 0 aromatic rings. The van der Waals surface area contributed by atoms with E-state index in [0.717, 1.165) is 12.8 Å². The zero-order valence-corrected chi connectivity index (χ0v) is 9.02. The summed E-state index contributed by atoms with van der Waals surface area (Å²) in [6.45, 7) is 6.88. The predicted octanol–water partition coefficient (Wildman–Crippen LogP) is 3.18. The minimum Gasteiger partial charge on any atom is -0.299 e. The summed E-state index contributed by atoms with van der Waals surface area (Å²) in [5.74, 6) is 0.890. The lowest BCUT2D eigenvalue weighted by atomic mass is 9.58. The van der Waals surface area contributed by atoms with E-state index >= 15 is 0 Å². The number of carbonyl (C=O) groups excluding carboxylic acids is 1. The molecule has 74 valence electrons. The Bertz CT molecular complexity index is 242. The van der Waals surface area contributed by atoms with Crippen molar-refractivity contribution >= 4 is 5.78 Å². The van der Waals surface area contributed by atoms with Gasteiger partial charge in [0.15, 0.2) is 0 Å². The number of rotatable bonds is 0. The Morgan fingerprint density at radius 3 is 2.46 bits per heavy atom. The van der Waals surface area contributed by atoms with Crippen LogP contribution in [0, 0.1) is 16.7 Å². The number of hydrogen-bond donors (Lipinski definition) is 0. The van der Waals surface area contributed by atoms with Gasteiger partial charge in [-0.2, -0.15) is 0 Å². The Balaban J connectivity index is 2.35. The number of fused-ring (bicyclic) bond motifs is 1. The summed E-state index contributed by atoms with van der Waals surface area (Å²) in [5.41, 5.74) is 0.611. The van der Waals surface area contributed by atoms with E-state index in [2.05, 4.69) is 20.8 Å². The molecule has 0 aliphatic heterocycles. The SMILES string of the molecule is CC1(C)CCCC2(C)CCC(=O)C12. The van der Waals surface area contributed by atoms with Crippen molar-refractivity contribution in [3.8, 4) is 0 Å². The van der Waals surface area contributed by atoms with Crippen molar-refractivity contribution in [2.45, 2.75) is 52.9 Å². The van der Waals surface area contributed by atoms with Crippen LogP contribution in [0.4, 0.5) is 0 Å². The highest BCUT2D eigenvalue weighted by Crippen LogP contribution is 2.57. The Morgan fingerprint density at radius 2 is 1.85 bits per heavy atom. The van der Waals surface area contributed by atoms with Gasteiger partial charge in [0.25, 0.3) is 0 Å². The number of Topliss-reactive ketones (excluding diaryl/α,β-unsaturated/α-hetero) is 1. The summed E-state index contributed by atoms with van der Waals surface area (Å²) in [6, 6.07) is 0. The van der Waals surface area contributed by atoms with Gasteiger partial charge in [-0.1, -0.05) is 27.2 Å². The summed E-state index contributed by atoms with van der Waals surface area (Å²) in [7, 11) is 0. The lowest BCUT2D eigenvalue weighted by Crippen LogP contribution is -2.41. The van der Waals surface area contributed by atoms with Crippen LogP contribution >= 0.6 is 0 Å². The zero-order valence-electron chi connectivity index (χ0n) is 9.02. The minimum atomic E-state index is 0.264. The second kappa shape index (κ2) is 2.59. The van der Waals surface area contributed by atoms with Gasteiger partial charge in [0.05, 0.1) is 0 Å². The highest BCUT2D eigenvalue weighted by Gasteiger charge is 2.53. The van der Waals surface area contributed by atoms with Crippen molar-refractivity contribution in [1.29, 1.82) is 0 Å². The smallest absolute Gasteiger partial charge is 0.137 e. The van der Waals surface area contributed by atoms with Gasteiger partial charge in [-0.3, -0.25) is 4.79 Å². The van der Waals surface area contributed by atoms with E-state index in [-0.39, 0.29) is 5.41 Å². The fourth-order valence-corrected chi connectivity index (χ4v) is 3.83. The highest BCUT2D eigenvalue weighted by molar-refractivity contribution is 5.85. The van der Waals surface area contributed by atoms with Crippen molar-refractivity contribution in [3.63, 3.8) is 0 Å². The molecule has 13 heavy (non-hydrogen) atoms. The van der Waals surface area contributed by atoms with E-state index in [1.807, 2.05) is 0 Å². The van der Waals surface area contributed by atoms with Crippen LogP contribution in [0.3, 0.4) is 0 Å². The van der Waals surface area contributed by atoms with Gasteiger partial charge in [0, 0.05) is 12.3 Å². The second-order valence-electron chi connectivity index (χ2n) is 5.90. The van der Waals surface area contributed by atoms with Crippen molar-refractivity contribution in [3.05, 3.63) is 0 Å². The molecule has 2 unspecified atom stereocenters. The molecule has 2 saturated carbocycles. The van der Waals surface area contributed by atoms with E-state index in [0.29, 0.717) is 17.1 Å². The van der Waals surface area contributed by atoms with Crippen molar-refractivity contribution in [2.24, 2.45) is 16.7 Å². The molecular formula is C12H20O. The molecule has 2 aliphatic rings. The fraction of sp³-hybridized carbons (Fsp3) is 0.917. The second-order valence-corrected chi connectivity index (χ2v) is 5.90. The fourth-order valence-electron chi connectivity index (χ4n) is 3.83.